The molecule has 1 aliphatic carbocycles. The minimum absolute atomic E-state index is 0.0250. The van der Waals surface area contributed by atoms with Gasteiger partial charge in [0, 0.05) is 12.8 Å². The third-order valence-corrected chi connectivity index (χ3v) is 13.3. The molecule has 0 aromatic rings. The maximum absolute atomic E-state index is 12.9. The summed E-state index contributed by atoms with van der Waals surface area (Å²) in [7, 11) is -5.15. The lowest BCUT2D eigenvalue weighted by Crippen LogP contribution is -2.64. The summed E-state index contributed by atoms with van der Waals surface area (Å²) in [5.74, 6) is -1.21. The number of esters is 2. The van der Waals surface area contributed by atoms with Crippen LogP contribution in [0, 0.1) is 0 Å². The van der Waals surface area contributed by atoms with Crippen LogP contribution in [0.3, 0.4) is 0 Å². The second-order valence-corrected chi connectivity index (χ2v) is 20.1. The van der Waals surface area contributed by atoms with Gasteiger partial charge in [-0.05, 0) is 77.0 Å². The second-order valence-electron chi connectivity index (χ2n) is 18.7. The van der Waals surface area contributed by atoms with Crippen LogP contribution in [0.4, 0.5) is 0 Å². The highest BCUT2D eigenvalue weighted by atomic mass is 31.2. The average molecular weight is 997 g/mol. The molecular formula is C55H97O13P. The van der Waals surface area contributed by atoms with Gasteiger partial charge in [-0.25, -0.2) is 4.57 Å². The van der Waals surface area contributed by atoms with Crippen molar-refractivity contribution in [1.29, 1.82) is 0 Å². The van der Waals surface area contributed by atoms with Crippen molar-refractivity contribution in [1.82, 2.24) is 0 Å². The quantitative estimate of drug-likeness (QED) is 0.0145. The first-order chi connectivity index (χ1) is 33.4. The number of carbonyl (C=O) groups is 2. The monoisotopic (exact) mass is 997 g/mol. The molecule has 0 bridgehead atoms. The van der Waals surface area contributed by atoms with Gasteiger partial charge in [0.05, 0.1) is 6.61 Å². The van der Waals surface area contributed by atoms with Crippen molar-refractivity contribution in [3.63, 3.8) is 0 Å². The van der Waals surface area contributed by atoms with Gasteiger partial charge in [-0.15, -0.1) is 0 Å². The van der Waals surface area contributed by atoms with Crippen LogP contribution in [-0.4, -0.2) is 98.3 Å². The molecular weight excluding hydrogens is 900 g/mol. The normalized spacial score (nSPS) is 21.3. The fourth-order valence-corrected chi connectivity index (χ4v) is 8.94. The number of aliphatic hydroxyl groups excluding tert-OH is 5. The van der Waals surface area contributed by atoms with Crippen LogP contribution in [-0.2, 0) is 32.7 Å². The number of carbonyl (C=O) groups excluding carboxylic acids is 2. The summed E-state index contributed by atoms with van der Waals surface area (Å²) >= 11 is 0. The summed E-state index contributed by atoms with van der Waals surface area (Å²) in [5, 5.41) is 50.3. The van der Waals surface area contributed by atoms with E-state index in [2.05, 4.69) is 56.4 Å². The molecule has 1 saturated carbocycles. The lowest BCUT2D eigenvalue weighted by atomic mass is 9.85. The first-order valence-electron chi connectivity index (χ1n) is 27.1. The van der Waals surface area contributed by atoms with Crippen LogP contribution in [0.2, 0.25) is 0 Å². The number of phosphoric ester groups is 1. The molecule has 0 aliphatic heterocycles. The lowest BCUT2D eigenvalue weighted by molar-refractivity contribution is -0.220. The van der Waals surface area contributed by atoms with Gasteiger partial charge in [-0.2, -0.15) is 0 Å². The lowest BCUT2D eigenvalue weighted by Gasteiger charge is -2.41. The van der Waals surface area contributed by atoms with Crippen LogP contribution in [0.15, 0.2) is 60.8 Å². The Hall–Kier alpha value is -2.45. The fourth-order valence-electron chi connectivity index (χ4n) is 7.97. The molecule has 8 atom stereocenters. The molecule has 0 spiro atoms. The zero-order chi connectivity index (χ0) is 50.6. The van der Waals surface area contributed by atoms with Crippen molar-refractivity contribution >= 4 is 19.8 Å². The summed E-state index contributed by atoms with van der Waals surface area (Å²) in [5.41, 5.74) is 0. The summed E-state index contributed by atoms with van der Waals surface area (Å²) < 4.78 is 33.6. The maximum atomic E-state index is 12.9. The molecule has 14 heteroatoms. The molecule has 0 saturated heterocycles. The van der Waals surface area contributed by atoms with Crippen molar-refractivity contribution in [3.8, 4) is 0 Å². The Morgan fingerprint density at radius 3 is 1.25 bits per heavy atom. The molecule has 0 aromatic heterocycles. The highest BCUT2D eigenvalue weighted by molar-refractivity contribution is 7.47. The van der Waals surface area contributed by atoms with Gasteiger partial charge in [0.15, 0.2) is 6.10 Å². The molecule has 0 heterocycles. The van der Waals surface area contributed by atoms with Crippen molar-refractivity contribution in [3.05, 3.63) is 60.8 Å². The van der Waals surface area contributed by atoms with Gasteiger partial charge in [0.1, 0.15) is 43.2 Å². The number of hydrogen-bond acceptors (Lipinski definition) is 12. The van der Waals surface area contributed by atoms with E-state index >= 15 is 0 Å². The van der Waals surface area contributed by atoms with Crippen LogP contribution >= 0.6 is 7.82 Å². The number of rotatable bonds is 45. The van der Waals surface area contributed by atoms with Gasteiger partial charge in [-0.1, -0.05) is 190 Å². The van der Waals surface area contributed by atoms with E-state index < -0.39 is 75.7 Å². The Labute approximate surface area is 417 Å². The number of ether oxygens (including phenoxy) is 2. The summed E-state index contributed by atoms with van der Waals surface area (Å²) in [4.78, 5) is 35.8. The maximum Gasteiger partial charge on any atom is 0.472 e. The highest BCUT2D eigenvalue weighted by Crippen LogP contribution is 2.47. The molecule has 1 fully saturated rings. The standard InChI is InChI=1S/C55H97O13P/c1-3-5-7-9-11-13-15-17-19-21-22-23-24-25-26-28-30-32-34-36-38-40-42-44-49(57)67-47(46-66-69(63,64)68-55-53(61)51(59)50(58)52(60)54(55)62)45-65-48(56)43-41-39-37-35-33-31-29-27-20-18-16-14-12-10-8-6-4-2/h18,20,28-31,35-38,47,50-55,58-62H,3-17,19,21-27,32-34,39-46H2,1-2H3,(H,63,64)/b20-18+,30-28+,31-29+,37-35+,38-36+/t47-,50?,51-,52?,53?,54?,55?/m1/s1. The van der Waals surface area contributed by atoms with Gasteiger partial charge in [0.2, 0.25) is 0 Å². The Bertz CT molecular complexity index is 1430. The van der Waals surface area contributed by atoms with Crippen molar-refractivity contribution in [2.45, 2.75) is 262 Å². The molecule has 0 aromatic carbocycles. The first kappa shape index (κ1) is 64.6. The summed E-state index contributed by atoms with van der Waals surface area (Å²) in [6.07, 6.45) is 42.9. The molecule has 6 N–H and O–H groups in total. The molecule has 400 valence electrons. The molecule has 0 amide bonds. The summed E-state index contributed by atoms with van der Waals surface area (Å²) in [6.45, 7) is 3.25. The largest absolute Gasteiger partial charge is 0.472 e. The smallest absolute Gasteiger partial charge is 0.462 e. The van der Waals surface area contributed by atoms with Gasteiger partial charge in [0.25, 0.3) is 0 Å². The third kappa shape index (κ3) is 36.2. The first-order valence-corrected chi connectivity index (χ1v) is 28.6. The Kier molecular flexibility index (Phi) is 41.4. The third-order valence-electron chi connectivity index (χ3n) is 12.3. The SMILES string of the molecule is CCCCCCCC/C=C/C/C=C/C/C=C/CCCC(=O)OC[C@H](COP(=O)(O)OC1C(O)C(O)C(O)[C@@H](O)C1O)OC(=O)CCC/C=C/CC/C=C/CCCCCCCCCCCCCCCC. The predicted octanol–water partition coefficient (Wildman–Crippen LogP) is 12.1. The Balaban J connectivity index is 2.43. The van der Waals surface area contributed by atoms with E-state index in [9.17, 15) is 44.6 Å². The molecule has 1 rings (SSSR count). The number of hydrogen-bond donors (Lipinski definition) is 6. The van der Waals surface area contributed by atoms with Crippen LogP contribution in [0.25, 0.3) is 0 Å². The van der Waals surface area contributed by atoms with Crippen LogP contribution < -0.4 is 0 Å². The van der Waals surface area contributed by atoms with E-state index in [-0.39, 0.29) is 12.8 Å². The van der Waals surface area contributed by atoms with Crippen molar-refractivity contribution < 1.29 is 63.1 Å². The van der Waals surface area contributed by atoms with Crippen LogP contribution in [0.1, 0.15) is 219 Å². The Morgan fingerprint density at radius 1 is 0.449 bits per heavy atom. The molecule has 6 unspecified atom stereocenters. The topological polar surface area (TPSA) is 210 Å². The van der Waals surface area contributed by atoms with E-state index in [0.717, 1.165) is 38.5 Å². The van der Waals surface area contributed by atoms with Crippen molar-refractivity contribution in [2.75, 3.05) is 13.2 Å². The second kappa shape index (κ2) is 44.3. The average Bonchev–Trinajstić information content (AvgIpc) is 3.33. The van der Waals surface area contributed by atoms with Crippen molar-refractivity contribution in [2.24, 2.45) is 0 Å². The minimum atomic E-state index is -5.15. The Morgan fingerprint density at radius 2 is 0.797 bits per heavy atom. The molecule has 13 nitrogen and oxygen atoms in total. The van der Waals surface area contributed by atoms with E-state index in [1.54, 1.807) is 0 Å². The fraction of sp³-hybridized carbons (Fsp3) is 0.782. The number of unbranched alkanes of at least 4 members (excludes halogenated alkanes) is 23. The van der Waals surface area contributed by atoms with E-state index in [1.807, 2.05) is 18.2 Å². The van der Waals surface area contributed by atoms with Gasteiger partial charge < -0.3 is 39.9 Å². The highest BCUT2D eigenvalue weighted by Gasteiger charge is 2.51. The zero-order valence-electron chi connectivity index (χ0n) is 42.8. The van der Waals surface area contributed by atoms with E-state index in [0.29, 0.717) is 25.7 Å². The predicted molar refractivity (Wildman–Crippen MR) is 276 cm³/mol. The van der Waals surface area contributed by atoms with Gasteiger partial charge >= 0.3 is 19.8 Å². The van der Waals surface area contributed by atoms with E-state index in [4.69, 9.17) is 18.5 Å². The molecule has 1 aliphatic rings. The minimum Gasteiger partial charge on any atom is -0.462 e. The molecule has 69 heavy (non-hydrogen) atoms. The zero-order valence-corrected chi connectivity index (χ0v) is 43.7. The summed E-state index contributed by atoms with van der Waals surface area (Å²) in [6, 6.07) is 0. The number of phosphoric acid groups is 1. The number of aliphatic hydroxyl groups is 5. The molecule has 0 radical (unpaired) electrons. The van der Waals surface area contributed by atoms with Crippen LogP contribution in [0.5, 0.6) is 0 Å². The van der Waals surface area contributed by atoms with Gasteiger partial charge in [-0.3, -0.25) is 18.6 Å². The van der Waals surface area contributed by atoms with E-state index in [1.165, 1.54) is 128 Å². The number of allylic oxidation sites excluding steroid dienone is 10.